The van der Waals surface area contributed by atoms with Gasteiger partial charge in [0.1, 0.15) is 0 Å². The number of ether oxygens (including phenoxy) is 2. The zero-order valence-electron chi connectivity index (χ0n) is 11.6. The number of carbonyl (C=O) groups excluding carboxylic acids is 1. The molecule has 3 atom stereocenters. The van der Waals surface area contributed by atoms with Gasteiger partial charge in [-0.05, 0) is 18.8 Å². The van der Waals surface area contributed by atoms with Crippen molar-refractivity contribution in [1.29, 1.82) is 0 Å². The van der Waals surface area contributed by atoms with Crippen LogP contribution in [0, 0.1) is 5.92 Å². The summed E-state index contributed by atoms with van der Waals surface area (Å²) in [7, 11) is 1.43. The number of hydrogen-bond acceptors (Lipinski definition) is 4. The number of morpholine rings is 1. The van der Waals surface area contributed by atoms with Crippen molar-refractivity contribution in [3.05, 3.63) is 0 Å². The van der Waals surface area contributed by atoms with E-state index >= 15 is 0 Å². The number of esters is 1. The van der Waals surface area contributed by atoms with E-state index in [0.29, 0.717) is 19.2 Å². The van der Waals surface area contributed by atoms with Gasteiger partial charge in [-0.3, -0.25) is 4.90 Å². The molecule has 0 N–H and O–H groups in total. The molecule has 18 heavy (non-hydrogen) atoms. The molecule has 4 heteroatoms. The summed E-state index contributed by atoms with van der Waals surface area (Å²) in [4.78, 5) is 14.0. The third-order valence-electron chi connectivity index (χ3n) is 4.41. The molecule has 4 nitrogen and oxygen atoms in total. The molecule has 0 aromatic heterocycles. The number of carbonyl (C=O) groups is 1. The molecule has 0 amide bonds. The third-order valence-corrected chi connectivity index (χ3v) is 4.41. The van der Waals surface area contributed by atoms with Crippen LogP contribution in [-0.2, 0) is 14.3 Å². The van der Waals surface area contributed by atoms with Crippen molar-refractivity contribution < 1.29 is 14.3 Å². The summed E-state index contributed by atoms with van der Waals surface area (Å²) in [6.45, 7) is 4.58. The lowest BCUT2D eigenvalue weighted by Crippen LogP contribution is -2.51. The number of hydrogen-bond donors (Lipinski definition) is 0. The first-order valence-corrected chi connectivity index (χ1v) is 7.18. The van der Waals surface area contributed by atoms with E-state index in [1.807, 2.05) is 0 Å². The molecule has 1 aliphatic heterocycles. The monoisotopic (exact) mass is 255 g/mol. The molecule has 2 fully saturated rings. The van der Waals surface area contributed by atoms with Crippen molar-refractivity contribution in [3.8, 4) is 0 Å². The van der Waals surface area contributed by atoms with Crippen LogP contribution >= 0.6 is 0 Å². The molecule has 0 spiro atoms. The van der Waals surface area contributed by atoms with Crippen molar-refractivity contribution in [2.45, 2.75) is 51.2 Å². The average Bonchev–Trinajstić information content (AvgIpc) is 2.46. The Morgan fingerprint density at radius 2 is 2.28 bits per heavy atom. The Balaban J connectivity index is 1.89. The van der Waals surface area contributed by atoms with Gasteiger partial charge in [-0.15, -0.1) is 0 Å². The third kappa shape index (κ3) is 3.23. The first-order chi connectivity index (χ1) is 8.74. The van der Waals surface area contributed by atoms with Gasteiger partial charge in [0.05, 0.1) is 13.7 Å². The summed E-state index contributed by atoms with van der Waals surface area (Å²) in [5.74, 6) is 0.630. The summed E-state index contributed by atoms with van der Waals surface area (Å²) >= 11 is 0. The molecule has 3 unspecified atom stereocenters. The molecule has 1 saturated heterocycles. The zero-order valence-corrected chi connectivity index (χ0v) is 11.6. The predicted octanol–water partition coefficient (Wildman–Crippen LogP) is 1.83. The molecular weight excluding hydrogens is 230 g/mol. The highest BCUT2D eigenvalue weighted by Gasteiger charge is 2.33. The molecule has 0 aromatic carbocycles. The molecule has 0 bridgehead atoms. The summed E-state index contributed by atoms with van der Waals surface area (Å²) in [6, 6.07) is 0.639. The minimum Gasteiger partial charge on any atom is -0.467 e. The second-order valence-electron chi connectivity index (χ2n) is 5.47. The average molecular weight is 255 g/mol. The fraction of sp³-hybridized carbons (Fsp3) is 0.929. The number of methoxy groups -OCH3 is 1. The summed E-state index contributed by atoms with van der Waals surface area (Å²) in [5.41, 5.74) is 0. The summed E-state index contributed by atoms with van der Waals surface area (Å²) in [6.07, 6.45) is 6.14. The largest absolute Gasteiger partial charge is 0.467 e. The first-order valence-electron chi connectivity index (χ1n) is 7.18. The minimum absolute atomic E-state index is 0.234. The quantitative estimate of drug-likeness (QED) is 0.721. The summed E-state index contributed by atoms with van der Waals surface area (Å²) < 4.78 is 10.3. The van der Waals surface area contributed by atoms with E-state index in [4.69, 9.17) is 9.47 Å². The molecule has 2 rings (SSSR count). The van der Waals surface area contributed by atoms with Gasteiger partial charge in [-0.25, -0.2) is 4.79 Å². The van der Waals surface area contributed by atoms with Gasteiger partial charge in [-0.1, -0.05) is 26.2 Å². The Morgan fingerprint density at radius 1 is 1.44 bits per heavy atom. The van der Waals surface area contributed by atoms with E-state index in [2.05, 4.69) is 11.8 Å². The smallest absolute Gasteiger partial charge is 0.336 e. The van der Waals surface area contributed by atoms with Crippen molar-refractivity contribution >= 4 is 5.97 Å². The van der Waals surface area contributed by atoms with Crippen LogP contribution in [0.2, 0.25) is 0 Å². The van der Waals surface area contributed by atoms with Crippen molar-refractivity contribution in [2.75, 3.05) is 26.8 Å². The van der Waals surface area contributed by atoms with Gasteiger partial charge in [-0.2, -0.15) is 0 Å². The Hall–Kier alpha value is -0.610. The molecule has 2 aliphatic rings. The van der Waals surface area contributed by atoms with Crippen molar-refractivity contribution in [2.24, 2.45) is 5.92 Å². The van der Waals surface area contributed by atoms with Crippen LogP contribution < -0.4 is 0 Å². The second kappa shape index (κ2) is 6.53. The minimum atomic E-state index is -0.384. The summed E-state index contributed by atoms with van der Waals surface area (Å²) in [5, 5.41) is 0. The van der Waals surface area contributed by atoms with Crippen molar-refractivity contribution in [3.63, 3.8) is 0 Å². The number of rotatable bonds is 3. The molecule has 0 aromatic rings. The van der Waals surface area contributed by atoms with Gasteiger partial charge in [0.2, 0.25) is 0 Å². The maximum Gasteiger partial charge on any atom is 0.336 e. The Labute approximate surface area is 110 Å². The van der Waals surface area contributed by atoms with Gasteiger partial charge >= 0.3 is 5.97 Å². The van der Waals surface area contributed by atoms with Crippen LogP contribution in [0.4, 0.5) is 0 Å². The van der Waals surface area contributed by atoms with E-state index in [-0.39, 0.29) is 12.1 Å². The molecule has 1 aliphatic carbocycles. The van der Waals surface area contributed by atoms with E-state index in [0.717, 1.165) is 12.5 Å². The number of nitrogens with zero attached hydrogens (tertiary/aromatic N) is 1. The molecule has 1 saturated carbocycles. The topological polar surface area (TPSA) is 38.8 Å². The van der Waals surface area contributed by atoms with Crippen LogP contribution in [-0.4, -0.2) is 49.8 Å². The van der Waals surface area contributed by atoms with Crippen molar-refractivity contribution in [1.82, 2.24) is 4.90 Å². The van der Waals surface area contributed by atoms with Gasteiger partial charge in [0.15, 0.2) is 6.10 Å². The lowest BCUT2D eigenvalue weighted by Gasteiger charge is -2.41. The van der Waals surface area contributed by atoms with Crippen LogP contribution in [0.3, 0.4) is 0 Å². The van der Waals surface area contributed by atoms with Crippen LogP contribution in [0.1, 0.15) is 39.0 Å². The van der Waals surface area contributed by atoms with E-state index < -0.39 is 0 Å². The van der Waals surface area contributed by atoms with E-state index in [1.54, 1.807) is 0 Å². The first kappa shape index (κ1) is 13.8. The second-order valence-corrected chi connectivity index (χ2v) is 5.47. The fourth-order valence-corrected chi connectivity index (χ4v) is 3.24. The molecular formula is C14H25NO3. The molecule has 1 heterocycles. The van der Waals surface area contributed by atoms with Crippen LogP contribution in [0.15, 0.2) is 0 Å². The Morgan fingerprint density at radius 3 is 3.00 bits per heavy atom. The molecule has 0 radical (unpaired) electrons. The highest BCUT2D eigenvalue weighted by molar-refractivity contribution is 5.74. The normalized spacial score (nSPS) is 34.2. The lowest BCUT2D eigenvalue weighted by molar-refractivity contribution is -0.161. The Bertz CT molecular complexity index is 282. The lowest BCUT2D eigenvalue weighted by atomic mass is 9.83. The van der Waals surface area contributed by atoms with Gasteiger partial charge in [0, 0.05) is 19.1 Å². The maximum absolute atomic E-state index is 11.5. The highest BCUT2D eigenvalue weighted by Crippen LogP contribution is 2.30. The molecule has 104 valence electrons. The van der Waals surface area contributed by atoms with E-state index in [9.17, 15) is 4.79 Å². The fourth-order valence-electron chi connectivity index (χ4n) is 3.24. The SMILES string of the molecule is CCC1CCCC(N2CCOC(C(=O)OC)C2)C1. The standard InChI is InChI=1S/C14H25NO3/c1-3-11-5-4-6-12(9-11)15-7-8-18-13(10-15)14(16)17-2/h11-13H,3-10H2,1-2H3. The Kier molecular flexibility index (Phi) is 5.01. The van der Waals surface area contributed by atoms with Crippen LogP contribution in [0.5, 0.6) is 0 Å². The van der Waals surface area contributed by atoms with Gasteiger partial charge < -0.3 is 9.47 Å². The zero-order chi connectivity index (χ0) is 13.0. The predicted molar refractivity (Wildman–Crippen MR) is 69.4 cm³/mol. The van der Waals surface area contributed by atoms with Crippen LogP contribution in [0.25, 0.3) is 0 Å². The van der Waals surface area contributed by atoms with E-state index in [1.165, 1.54) is 39.2 Å². The van der Waals surface area contributed by atoms with Gasteiger partial charge in [0.25, 0.3) is 0 Å². The highest BCUT2D eigenvalue weighted by atomic mass is 16.6. The maximum atomic E-state index is 11.5.